The van der Waals surface area contributed by atoms with Gasteiger partial charge in [0.15, 0.2) is 5.44 Å². The number of rotatable bonds is 4. The van der Waals surface area contributed by atoms with E-state index < -0.39 is 11.5 Å². The molecule has 0 bridgehead atoms. The first-order valence-corrected chi connectivity index (χ1v) is 5.45. The fourth-order valence-electron chi connectivity index (χ4n) is 0.377. The van der Waals surface area contributed by atoms with Crippen molar-refractivity contribution in [2.45, 2.75) is 10.8 Å². The number of amides is 1. The summed E-state index contributed by atoms with van der Waals surface area (Å²) >= 11 is 15.7. The van der Waals surface area contributed by atoms with Crippen LogP contribution in [0, 0.1) is 0 Å². The van der Waals surface area contributed by atoms with Gasteiger partial charge in [-0.1, -0.05) is 0 Å². The largest absolute Gasteiger partial charge is 0.435 e. The first kappa shape index (κ1) is 16.6. The minimum Gasteiger partial charge on any atom is -0.435 e. The Hall–Kier alpha value is 1.19. The van der Waals surface area contributed by atoms with E-state index in [1.807, 2.05) is 0 Å². The summed E-state index contributed by atoms with van der Waals surface area (Å²) < 4.78 is 4.73. The first-order chi connectivity index (χ1) is 5.60. The molecule has 1 N–H and O–H groups in total. The average Bonchev–Trinajstić information content (AvgIpc) is 2.03. The van der Waals surface area contributed by atoms with Crippen molar-refractivity contribution >= 4 is 56.6 Å². The predicted molar refractivity (Wildman–Crippen MR) is 62.9 cm³/mol. The minimum absolute atomic E-state index is 0. The topological polar surface area (TPSA) is 38.3 Å². The summed E-state index contributed by atoms with van der Waals surface area (Å²) in [4.78, 5) is 10.9. The van der Waals surface area contributed by atoms with Gasteiger partial charge in [-0.25, -0.2) is 4.79 Å². The molecule has 83 valence electrons. The summed E-state index contributed by atoms with van der Waals surface area (Å²) in [6.07, 6.45) is -0.557. The first-order valence-electron chi connectivity index (χ1n) is 3.15. The number of thiol groups is 4. The van der Waals surface area contributed by atoms with Crippen LogP contribution in [0.3, 0.4) is 0 Å². The van der Waals surface area contributed by atoms with Gasteiger partial charge in [-0.15, -0.1) is 12.6 Å². The van der Waals surface area contributed by atoms with Crippen molar-refractivity contribution in [3.63, 3.8) is 0 Å². The van der Waals surface area contributed by atoms with Gasteiger partial charge >= 0.3 is 6.09 Å². The third-order valence-electron chi connectivity index (χ3n) is 0.857. The van der Waals surface area contributed by atoms with Crippen LogP contribution >= 0.6 is 50.5 Å². The third kappa shape index (κ3) is 9.49. The van der Waals surface area contributed by atoms with E-state index in [2.05, 4.69) is 55.8 Å². The summed E-state index contributed by atoms with van der Waals surface area (Å²) in [5.74, 6) is 0.810. The molecular formula is C5H11CuNO2S4. The maximum absolute atomic E-state index is 10.9. The normalized spacial score (nSPS) is 13.8. The van der Waals surface area contributed by atoms with Crippen LogP contribution in [0.15, 0.2) is 0 Å². The number of nitrogens with one attached hydrogen (secondary N) is 1. The Morgan fingerprint density at radius 2 is 1.85 bits per heavy atom. The molecule has 0 spiro atoms. The molecule has 2 unspecified atom stereocenters. The number of hydrogen-bond acceptors (Lipinski definition) is 6. The molecule has 0 aliphatic carbocycles. The molecule has 0 heterocycles. The van der Waals surface area contributed by atoms with Gasteiger partial charge in [-0.3, -0.25) is 0 Å². The van der Waals surface area contributed by atoms with Gasteiger partial charge in [-0.2, -0.15) is 37.9 Å². The Bertz CT molecular complexity index is 136. The van der Waals surface area contributed by atoms with Crippen LogP contribution < -0.4 is 5.32 Å². The summed E-state index contributed by atoms with van der Waals surface area (Å²) in [6.45, 7) is 0. The van der Waals surface area contributed by atoms with Gasteiger partial charge in [-0.05, 0) is 0 Å². The molecule has 0 aromatic heterocycles. The van der Waals surface area contributed by atoms with E-state index in [0.29, 0.717) is 11.5 Å². The van der Waals surface area contributed by atoms with E-state index in [1.54, 1.807) is 0 Å². The molecule has 1 amide bonds. The third-order valence-corrected chi connectivity index (χ3v) is 2.73. The molecule has 0 fully saturated rings. The molecule has 0 saturated carbocycles. The molecule has 1 radical (unpaired) electrons. The van der Waals surface area contributed by atoms with Crippen molar-refractivity contribution in [1.82, 2.24) is 5.32 Å². The van der Waals surface area contributed by atoms with Crippen molar-refractivity contribution in [1.29, 1.82) is 0 Å². The summed E-state index contributed by atoms with van der Waals surface area (Å²) in [7, 11) is 0. The zero-order valence-electron chi connectivity index (χ0n) is 6.48. The molecule has 0 aliphatic heterocycles. The zero-order chi connectivity index (χ0) is 9.56. The van der Waals surface area contributed by atoms with Crippen LogP contribution in [-0.4, -0.2) is 28.4 Å². The number of ether oxygens (including phenoxy) is 1. The van der Waals surface area contributed by atoms with Gasteiger partial charge in [0.1, 0.15) is 0 Å². The monoisotopic (exact) mass is 308 g/mol. The minimum atomic E-state index is -0.557. The van der Waals surface area contributed by atoms with Crippen LogP contribution in [0.2, 0.25) is 0 Å². The fraction of sp³-hybridized carbons (Fsp3) is 0.800. The molecule has 2 atom stereocenters. The molecule has 0 aromatic carbocycles. The summed E-state index contributed by atoms with van der Waals surface area (Å²) in [5.41, 5.74) is -0.492. The van der Waals surface area contributed by atoms with Crippen LogP contribution in [0.5, 0.6) is 0 Å². The van der Waals surface area contributed by atoms with Gasteiger partial charge in [0, 0.05) is 28.6 Å². The van der Waals surface area contributed by atoms with E-state index >= 15 is 0 Å². The van der Waals surface area contributed by atoms with E-state index in [9.17, 15) is 4.79 Å². The molecule has 0 saturated heterocycles. The van der Waals surface area contributed by atoms with Crippen molar-refractivity contribution in [3.8, 4) is 0 Å². The van der Waals surface area contributed by atoms with Crippen LogP contribution in [0.25, 0.3) is 0 Å². The molecule has 0 rings (SSSR count). The molecule has 0 aromatic rings. The van der Waals surface area contributed by atoms with E-state index in [-0.39, 0.29) is 22.4 Å². The maximum atomic E-state index is 10.9. The molecular weight excluding hydrogens is 298 g/mol. The van der Waals surface area contributed by atoms with Gasteiger partial charge < -0.3 is 10.1 Å². The molecule has 13 heavy (non-hydrogen) atoms. The number of carbonyl (C=O) groups excluding carboxylic acids is 1. The van der Waals surface area contributed by atoms with Gasteiger partial charge in [0.25, 0.3) is 0 Å². The summed E-state index contributed by atoms with van der Waals surface area (Å²) in [5, 5.41) is 2.13. The fourth-order valence-corrected chi connectivity index (χ4v) is 0.743. The van der Waals surface area contributed by atoms with Crippen molar-refractivity contribution in [2.75, 3.05) is 11.5 Å². The predicted octanol–water partition coefficient (Wildman–Crippen LogP) is 1.08. The molecule has 8 heteroatoms. The standard InChI is InChI=1S/C5H11NO2S4.Cu/c7-5(6-3(11)1-9)8-4(12)2-10;/h3-4,9-12H,1-2H2,(H,6,7);. The van der Waals surface area contributed by atoms with Crippen LogP contribution in [0.4, 0.5) is 4.79 Å². The molecule has 0 aliphatic rings. The van der Waals surface area contributed by atoms with E-state index in [0.717, 1.165) is 0 Å². The molecule has 3 nitrogen and oxygen atoms in total. The smallest absolute Gasteiger partial charge is 0.409 e. The van der Waals surface area contributed by atoms with E-state index in [1.165, 1.54) is 0 Å². The summed E-state index contributed by atoms with van der Waals surface area (Å²) in [6, 6.07) is 0. The zero-order valence-corrected chi connectivity index (χ0v) is 11.0. The second-order valence-corrected chi connectivity index (χ2v) is 3.81. The van der Waals surface area contributed by atoms with Crippen molar-refractivity contribution < 1.29 is 26.6 Å². The second-order valence-electron chi connectivity index (χ2n) is 1.89. The van der Waals surface area contributed by atoms with Crippen molar-refractivity contribution in [3.05, 3.63) is 0 Å². The van der Waals surface area contributed by atoms with Crippen molar-refractivity contribution in [2.24, 2.45) is 0 Å². The number of alkyl carbamates (subject to hydrolysis) is 1. The number of carbonyl (C=O) groups is 1. The van der Waals surface area contributed by atoms with Crippen LogP contribution in [-0.2, 0) is 21.8 Å². The average molecular weight is 309 g/mol. The maximum Gasteiger partial charge on any atom is 0.409 e. The number of hydrogen-bond donors (Lipinski definition) is 5. The van der Waals surface area contributed by atoms with Gasteiger partial charge in [0.05, 0.1) is 5.37 Å². The second kappa shape index (κ2) is 9.73. The Labute approximate surface area is 110 Å². The SMILES string of the molecule is O=C(NC(S)CS)OC(S)CS.[Cu]. The van der Waals surface area contributed by atoms with Crippen LogP contribution in [0.1, 0.15) is 0 Å². The Balaban J connectivity index is 0. The van der Waals surface area contributed by atoms with E-state index in [4.69, 9.17) is 4.74 Å². The Kier molecular flexibility index (Phi) is 12.4. The van der Waals surface area contributed by atoms with Gasteiger partial charge in [0.2, 0.25) is 0 Å². The Morgan fingerprint density at radius 3 is 2.23 bits per heavy atom. The Morgan fingerprint density at radius 1 is 1.31 bits per heavy atom. The quantitative estimate of drug-likeness (QED) is 0.306.